The normalized spacial score (nSPS) is 31.0. The molecule has 7 nitrogen and oxygen atoms in total. The molecule has 3 aliphatic heterocycles. The Morgan fingerprint density at radius 2 is 1.73 bits per heavy atom. The van der Waals surface area contributed by atoms with Crippen molar-refractivity contribution < 1.29 is 13.2 Å². The molecule has 3 aliphatic rings. The number of nitrogens with one attached hydrogen (secondary N) is 1. The van der Waals surface area contributed by atoms with Gasteiger partial charge in [-0.05, 0) is 25.8 Å². The van der Waals surface area contributed by atoms with Crippen LogP contribution in [0.25, 0.3) is 0 Å². The molecule has 3 saturated heterocycles. The molecule has 0 aromatic rings. The van der Waals surface area contributed by atoms with Gasteiger partial charge in [0.05, 0.1) is 6.26 Å². The van der Waals surface area contributed by atoms with Crippen molar-refractivity contribution >= 4 is 16.1 Å². The third-order valence-electron chi connectivity index (χ3n) is 5.16. The van der Waals surface area contributed by atoms with Crippen molar-refractivity contribution in [1.29, 1.82) is 0 Å². The Kier molecular flexibility index (Phi) is 4.61. The summed E-state index contributed by atoms with van der Waals surface area (Å²) in [6, 6.07) is 0.710. The molecular weight excluding hydrogens is 304 g/mol. The Labute approximate surface area is 132 Å². The Bertz CT molecular complexity index is 516. The van der Waals surface area contributed by atoms with Crippen molar-refractivity contribution in [2.24, 2.45) is 0 Å². The molecule has 22 heavy (non-hydrogen) atoms. The van der Waals surface area contributed by atoms with Crippen LogP contribution >= 0.6 is 0 Å². The van der Waals surface area contributed by atoms with Crippen LogP contribution in [0.4, 0.5) is 4.79 Å². The Morgan fingerprint density at radius 1 is 1.00 bits per heavy atom. The van der Waals surface area contributed by atoms with Crippen molar-refractivity contribution in [2.45, 2.75) is 37.8 Å². The van der Waals surface area contributed by atoms with Crippen LogP contribution in [0.3, 0.4) is 0 Å². The van der Waals surface area contributed by atoms with Crippen LogP contribution in [0.2, 0.25) is 0 Å². The lowest BCUT2D eigenvalue weighted by Gasteiger charge is -2.36. The molecule has 0 aromatic carbocycles. The van der Waals surface area contributed by atoms with Crippen LogP contribution in [0, 0.1) is 0 Å². The van der Waals surface area contributed by atoms with Gasteiger partial charge in [-0.15, -0.1) is 0 Å². The van der Waals surface area contributed by atoms with Gasteiger partial charge in [0.15, 0.2) is 0 Å². The van der Waals surface area contributed by atoms with Crippen LogP contribution in [0.1, 0.15) is 25.7 Å². The smallest absolute Gasteiger partial charge is 0.317 e. The summed E-state index contributed by atoms with van der Waals surface area (Å²) in [6.07, 6.45) is 5.94. The van der Waals surface area contributed by atoms with E-state index in [1.807, 2.05) is 0 Å². The van der Waals surface area contributed by atoms with Gasteiger partial charge in [-0.2, -0.15) is 4.31 Å². The topological polar surface area (TPSA) is 73.0 Å². The first-order valence-electron chi connectivity index (χ1n) is 8.20. The number of carbonyl (C=O) groups excluding carboxylic acids is 1. The summed E-state index contributed by atoms with van der Waals surface area (Å²) in [4.78, 5) is 16.7. The minimum Gasteiger partial charge on any atom is -0.334 e. The molecule has 1 N–H and O–H groups in total. The standard InChI is InChI=1S/C14H26N4O3S/c1-22(20,21)18-10-8-17(9-11-18)14(19)15-12-5-7-16-6-3-2-4-13(12)16/h12-13H,2-11H2,1H3,(H,15,19)/t12-,13+/m1/s1. The molecular formula is C14H26N4O3S. The number of hydrogen-bond acceptors (Lipinski definition) is 4. The van der Waals surface area contributed by atoms with Gasteiger partial charge >= 0.3 is 6.03 Å². The van der Waals surface area contributed by atoms with Crippen LogP contribution in [0.15, 0.2) is 0 Å². The number of hydrogen-bond donors (Lipinski definition) is 1. The van der Waals surface area contributed by atoms with Gasteiger partial charge in [0.2, 0.25) is 10.0 Å². The molecule has 0 aromatic heterocycles. The Hall–Kier alpha value is -0.860. The summed E-state index contributed by atoms with van der Waals surface area (Å²) in [5, 5.41) is 3.18. The van der Waals surface area contributed by atoms with Gasteiger partial charge in [-0.1, -0.05) is 6.42 Å². The van der Waals surface area contributed by atoms with E-state index < -0.39 is 10.0 Å². The zero-order valence-corrected chi connectivity index (χ0v) is 14.0. The third kappa shape index (κ3) is 3.38. The molecule has 3 rings (SSSR count). The molecule has 2 atom stereocenters. The molecule has 0 bridgehead atoms. The quantitative estimate of drug-likeness (QED) is 0.767. The predicted octanol–water partition coefficient (Wildman–Crippen LogP) is -0.1000. The van der Waals surface area contributed by atoms with Crippen molar-refractivity contribution in [3.63, 3.8) is 0 Å². The Balaban J connectivity index is 1.51. The van der Waals surface area contributed by atoms with E-state index in [1.54, 1.807) is 4.90 Å². The minimum absolute atomic E-state index is 0.0365. The molecule has 0 unspecified atom stereocenters. The minimum atomic E-state index is -3.14. The van der Waals surface area contributed by atoms with Crippen molar-refractivity contribution in [3.05, 3.63) is 0 Å². The van der Waals surface area contributed by atoms with Gasteiger partial charge in [-0.25, -0.2) is 13.2 Å². The highest BCUT2D eigenvalue weighted by atomic mass is 32.2. The van der Waals surface area contributed by atoms with Crippen molar-refractivity contribution in [2.75, 3.05) is 45.5 Å². The largest absolute Gasteiger partial charge is 0.334 e. The highest BCUT2D eigenvalue weighted by Crippen LogP contribution is 2.27. The van der Waals surface area contributed by atoms with Gasteiger partial charge in [0.25, 0.3) is 0 Å². The number of carbonyl (C=O) groups is 1. The summed E-state index contributed by atoms with van der Waals surface area (Å²) >= 11 is 0. The van der Waals surface area contributed by atoms with E-state index in [0.29, 0.717) is 32.2 Å². The highest BCUT2D eigenvalue weighted by molar-refractivity contribution is 7.88. The second-order valence-corrected chi connectivity index (χ2v) is 8.58. The molecule has 0 radical (unpaired) electrons. The van der Waals surface area contributed by atoms with Crippen molar-refractivity contribution in [1.82, 2.24) is 19.4 Å². The lowest BCUT2D eigenvalue weighted by atomic mass is 9.99. The monoisotopic (exact) mass is 330 g/mol. The molecule has 126 valence electrons. The fourth-order valence-corrected chi connectivity index (χ4v) is 4.72. The average Bonchev–Trinajstić information content (AvgIpc) is 2.90. The highest BCUT2D eigenvalue weighted by Gasteiger charge is 2.37. The van der Waals surface area contributed by atoms with Gasteiger partial charge < -0.3 is 10.2 Å². The number of fused-ring (bicyclic) bond motifs is 1. The molecule has 0 saturated carbocycles. The maximum Gasteiger partial charge on any atom is 0.317 e. The van der Waals surface area contributed by atoms with Crippen LogP contribution < -0.4 is 5.32 Å². The first-order chi connectivity index (χ1) is 10.4. The third-order valence-corrected chi connectivity index (χ3v) is 6.46. The summed E-state index contributed by atoms with van der Waals surface area (Å²) in [6.45, 7) is 3.97. The first-order valence-corrected chi connectivity index (χ1v) is 10.0. The predicted molar refractivity (Wildman–Crippen MR) is 84.1 cm³/mol. The molecule has 8 heteroatoms. The van der Waals surface area contributed by atoms with Crippen LogP contribution in [-0.4, -0.2) is 86.2 Å². The fourth-order valence-electron chi connectivity index (χ4n) is 3.89. The van der Waals surface area contributed by atoms with E-state index in [0.717, 1.165) is 19.5 Å². The van der Waals surface area contributed by atoms with E-state index in [1.165, 1.54) is 29.8 Å². The Morgan fingerprint density at radius 3 is 2.41 bits per heavy atom. The second kappa shape index (κ2) is 6.33. The number of amides is 2. The number of sulfonamides is 1. The summed E-state index contributed by atoms with van der Waals surface area (Å²) in [5.74, 6) is 0. The van der Waals surface area contributed by atoms with E-state index in [-0.39, 0.29) is 12.1 Å². The lowest BCUT2D eigenvalue weighted by molar-refractivity contribution is 0.155. The van der Waals surface area contributed by atoms with E-state index in [9.17, 15) is 13.2 Å². The average molecular weight is 330 g/mol. The number of piperidine rings is 1. The SMILES string of the molecule is CS(=O)(=O)N1CCN(C(=O)N[C@@H]2CCN3CCCC[C@@H]23)CC1. The molecule has 2 amide bonds. The van der Waals surface area contributed by atoms with Gasteiger partial charge in [0.1, 0.15) is 0 Å². The first kappa shape index (κ1) is 16.0. The second-order valence-electron chi connectivity index (χ2n) is 6.59. The van der Waals surface area contributed by atoms with E-state index in [4.69, 9.17) is 0 Å². The molecule has 0 spiro atoms. The number of nitrogens with zero attached hydrogens (tertiary/aromatic N) is 3. The molecule has 0 aliphatic carbocycles. The maximum atomic E-state index is 12.4. The summed E-state index contributed by atoms with van der Waals surface area (Å²) in [5.41, 5.74) is 0. The van der Waals surface area contributed by atoms with Crippen molar-refractivity contribution in [3.8, 4) is 0 Å². The van der Waals surface area contributed by atoms with Gasteiger partial charge in [-0.3, -0.25) is 4.90 Å². The number of rotatable bonds is 2. The maximum absolute atomic E-state index is 12.4. The van der Waals surface area contributed by atoms with E-state index >= 15 is 0 Å². The van der Waals surface area contributed by atoms with E-state index in [2.05, 4.69) is 10.2 Å². The van der Waals surface area contributed by atoms with Gasteiger partial charge in [0, 0.05) is 44.8 Å². The zero-order chi connectivity index (χ0) is 15.7. The summed E-state index contributed by atoms with van der Waals surface area (Å²) < 4.78 is 24.4. The number of urea groups is 1. The summed E-state index contributed by atoms with van der Waals surface area (Å²) in [7, 11) is -3.14. The molecule has 3 fully saturated rings. The number of piperazine rings is 1. The molecule has 3 heterocycles. The lowest BCUT2D eigenvalue weighted by Crippen LogP contribution is -2.56. The fraction of sp³-hybridized carbons (Fsp3) is 0.929. The zero-order valence-electron chi connectivity index (χ0n) is 13.2. The van der Waals surface area contributed by atoms with Crippen LogP contribution in [0.5, 0.6) is 0 Å². The van der Waals surface area contributed by atoms with Crippen LogP contribution in [-0.2, 0) is 10.0 Å².